The van der Waals surface area contributed by atoms with E-state index in [9.17, 15) is 14.7 Å². The van der Waals surface area contributed by atoms with Crippen LogP contribution in [-0.4, -0.2) is 23.0 Å². The lowest BCUT2D eigenvalue weighted by atomic mass is 9.88. The van der Waals surface area contributed by atoms with Crippen molar-refractivity contribution in [3.8, 4) is 5.75 Å². The largest absolute Gasteiger partial charge is 0.490 e. The van der Waals surface area contributed by atoms with Crippen LogP contribution in [-0.2, 0) is 11.2 Å². The van der Waals surface area contributed by atoms with Crippen LogP contribution in [0.4, 0.5) is 0 Å². The second-order valence-electron chi connectivity index (χ2n) is 5.80. The van der Waals surface area contributed by atoms with Gasteiger partial charge in [0, 0.05) is 17.9 Å². The second kappa shape index (κ2) is 4.93. The zero-order chi connectivity index (χ0) is 14.3. The maximum Gasteiger partial charge on any atom is 0.307 e. The fourth-order valence-corrected chi connectivity index (χ4v) is 3.36. The van der Waals surface area contributed by atoms with Gasteiger partial charge >= 0.3 is 5.97 Å². The van der Waals surface area contributed by atoms with Gasteiger partial charge in [0.2, 0.25) is 0 Å². The lowest BCUT2D eigenvalue weighted by Gasteiger charge is -2.14. The maximum atomic E-state index is 12.5. The van der Waals surface area contributed by atoms with Gasteiger partial charge in [-0.1, -0.05) is 6.42 Å². The molecule has 1 fully saturated rings. The van der Waals surface area contributed by atoms with Gasteiger partial charge in [0.15, 0.2) is 5.78 Å². The molecule has 1 heterocycles. The van der Waals surface area contributed by atoms with Crippen LogP contribution in [0.1, 0.15) is 42.1 Å². The van der Waals surface area contributed by atoms with Crippen molar-refractivity contribution < 1.29 is 19.4 Å². The number of ether oxygens (including phenoxy) is 1. The molecule has 0 bridgehead atoms. The normalized spacial score (nSPS) is 27.9. The number of rotatable bonds is 3. The first-order chi connectivity index (χ1) is 9.56. The number of hydrogen-bond acceptors (Lipinski definition) is 3. The molecule has 0 spiro atoms. The number of benzene rings is 1. The van der Waals surface area contributed by atoms with Gasteiger partial charge in [0.05, 0.1) is 5.92 Å². The van der Waals surface area contributed by atoms with Crippen molar-refractivity contribution in [1.29, 1.82) is 0 Å². The molecule has 3 rings (SSSR count). The molecule has 1 N–H and O–H groups in total. The summed E-state index contributed by atoms with van der Waals surface area (Å²) in [6.07, 6.45) is 3.06. The Morgan fingerprint density at radius 2 is 2.00 bits per heavy atom. The molecule has 106 valence electrons. The molecule has 3 atom stereocenters. The van der Waals surface area contributed by atoms with Crippen molar-refractivity contribution in [3.05, 3.63) is 29.3 Å². The number of carbonyl (C=O) groups is 2. The number of ketones is 1. The van der Waals surface area contributed by atoms with Gasteiger partial charge in [0.25, 0.3) is 0 Å². The van der Waals surface area contributed by atoms with E-state index in [0.717, 1.165) is 24.2 Å². The summed E-state index contributed by atoms with van der Waals surface area (Å²) in [5.74, 6) is -0.928. The predicted molar refractivity (Wildman–Crippen MR) is 73.0 cm³/mol. The molecule has 1 aliphatic heterocycles. The average molecular weight is 274 g/mol. The van der Waals surface area contributed by atoms with E-state index in [1.54, 1.807) is 6.07 Å². The summed E-state index contributed by atoms with van der Waals surface area (Å²) in [6, 6.07) is 5.46. The first-order valence-electron chi connectivity index (χ1n) is 7.13. The third kappa shape index (κ3) is 2.19. The Balaban J connectivity index is 1.85. The average Bonchev–Trinajstić information content (AvgIpc) is 3.01. The first kappa shape index (κ1) is 13.2. The van der Waals surface area contributed by atoms with Crippen molar-refractivity contribution in [1.82, 2.24) is 0 Å². The van der Waals surface area contributed by atoms with Gasteiger partial charge in [-0.3, -0.25) is 9.59 Å². The molecule has 1 aliphatic carbocycles. The van der Waals surface area contributed by atoms with Crippen LogP contribution in [0.5, 0.6) is 5.75 Å². The first-order valence-corrected chi connectivity index (χ1v) is 7.13. The Morgan fingerprint density at radius 3 is 2.75 bits per heavy atom. The lowest BCUT2D eigenvalue weighted by molar-refractivity contribution is -0.142. The molecular formula is C16H18O4. The summed E-state index contributed by atoms with van der Waals surface area (Å²) in [7, 11) is 0. The van der Waals surface area contributed by atoms with Gasteiger partial charge in [-0.25, -0.2) is 0 Å². The van der Waals surface area contributed by atoms with E-state index in [-0.39, 0.29) is 17.8 Å². The minimum atomic E-state index is -0.848. The Morgan fingerprint density at radius 1 is 1.25 bits per heavy atom. The van der Waals surface area contributed by atoms with E-state index in [1.807, 2.05) is 19.1 Å². The smallest absolute Gasteiger partial charge is 0.307 e. The molecule has 0 amide bonds. The van der Waals surface area contributed by atoms with Crippen LogP contribution in [0.3, 0.4) is 0 Å². The van der Waals surface area contributed by atoms with Gasteiger partial charge in [0.1, 0.15) is 11.9 Å². The summed E-state index contributed by atoms with van der Waals surface area (Å²) in [4.78, 5) is 23.7. The summed E-state index contributed by atoms with van der Waals surface area (Å²) in [5.41, 5.74) is 1.67. The van der Waals surface area contributed by atoms with Crippen LogP contribution in [0.25, 0.3) is 0 Å². The zero-order valence-electron chi connectivity index (χ0n) is 11.5. The van der Waals surface area contributed by atoms with Crippen LogP contribution in [0, 0.1) is 11.8 Å². The molecule has 20 heavy (non-hydrogen) atoms. The highest BCUT2D eigenvalue weighted by atomic mass is 16.5. The van der Waals surface area contributed by atoms with Crippen LogP contribution in [0.15, 0.2) is 18.2 Å². The molecule has 0 radical (unpaired) electrons. The molecule has 0 aromatic heterocycles. The Labute approximate surface area is 117 Å². The number of hydrogen-bond donors (Lipinski definition) is 1. The molecule has 1 aromatic carbocycles. The van der Waals surface area contributed by atoms with Crippen LogP contribution >= 0.6 is 0 Å². The quantitative estimate of drug-likeness (QED) is 0.861. The molecule has 0 saturated heterocycles. The second-order valence-corrected chi connectivity index (χ2v) is 5.80. The molecule has 4 nitrogen and oxygen atoms in total. The highest BCUT2D eigenvalue weighted by Gasteiger charge is 2.38. The van der Waals surface area contributed by atoms with Crippen molar-refractivity contribution >= 4 is 11.8 Å². The Bertz CT molecular complexity index is 564. The van der Waals surface area contributed by atoms with Crippen molar-refractivity contribution in [2.75, 3.05) is 0 Å². The van der Waals surface area contributed by atoms with E-state index in [0.29, 0.717) is 18.4 Å². The van der Waals surface area contributed by atoms with E-state index < -0.39 is 11.9 Å². The van der Waals surface area contributed by atoms with E-state index >= 15 is 0 Å². The molecule has 4 heteroatoms. The zero-order valence-corrected chi connectivity index (χ0v) is 11.5. The predicted octanol–water partition coefficient (Wildman–Crippen LogP) is 2.69. The Hall–Kier alpha value is -1.84. The molecule has 2 aliphatic rings. The minimum Gasteiger partial charge on any atom is -0.490 e. The summed E-state index contributed by atoms with van der Waals surface area (Å²) in [5, 5.41) is 9.20. The molecular weight excluding hydrogens is 256 g/mol. The highest BCUT2D eigenvalue weighted by molar-refractivity contribution is 6.00. The fraction of sp³-hybridized carbons (Fsp3) is 0.500. The van der Waals surface area contributed by atoms with Crippen molar-refractivity contribution in [2.45, 2.75) is 38.7 Å². The summed E-state index contributed by atoms with van der Waals surface area (Å²) < 4.78 is 5.62. The monoisotopic (exact) mass is 274 g/mol. The number of fused-ring (bicyclic) bond motifs is 1. The van der Waals surface area contributed by atoms with Gasteiger partial charge < -0.3 is 9.84 Å². The third-order valence-electron chi connectivity index (χ3n) is 4.35. The summed E-state index contributed by atoms with van der Waals surface area (Å²) >= 11 is 0. The lowest BCUT2D eigenvalue weighted by Crippen LogP contribution is -2.25. The van der Waals surface area contributed by atoms with E-state index in [1.165, 1.54) is 0 Å². The van der Waals surface area contributed by atoms with E-state index in [2.05, 4.69) is 0 Å². The number of Topliss-reactive ketones (excluding diaryl/α,β-unsaturated/α-hetero) is 1. The van der Waals surface area contributed by atoms with Crippen molar-refractivity contribution in [3.63, 3.8) is 0 Å². The number of carboxylic acid groups (broad SMARTS) is 1. The maximum absolute atomic E-state index is 12.5. The Kier molecular flexibility index (Phi) is 3.24. The molecule has 1 saturated carbocycles. The number of aliphatic carboxylic acids is 1. The van der Waals surface area contributed by atoms with Gasteiger partial charge in [-0.05, 0) is 43.5 Å². The van der Waals surface area contributed by atoms with Gasteiger partial charge in [-0.15, -0.1) is 0 Å². The van der Waals surface area contributed by atoms with E-state index in [4.69, 9.17) is 4.74 Å². The van der Waals surface area contributed by atoms with Crippen molar-refractivity contribution in [2.24, 2.45) is 11.8 Å². The fourth-order valence-electron chi connectivity index (χ4n) is 3.36. The third-order valence-corrected chi connectivity index (χ3v) is 4.35. The SMILES string of the molecule is CC1Cc2cc(C(=O)C3CCCC3C(=O)O)ccc2O1. The number of carboxylic acids is 1. The number of carbonyl (C=O) groups excluding carboxylic acids is 1. The topological polar surface area (TPSA) is 63.6 Å². The minimum absolute atomic E-state index is 0.0303. The van der Waals surface area contributed by atoms with Crippen LogP contribution in [0.2, 0.25) is 0 Å². The molecule has 1 aromatic rings. The van der Waals surface area contributed by atoms with Crippen LogP contribution < -0.4 is 4.74 Å². The van der Waals surface area contributed by atoms with Gasteiger partial charge in [-0.2, -0.15) is 0 Å². The molecule has 3 unspecified atom stereocenters. The highest BCUT2D eigenvalue weighted by Crippen LogP contribution is 2.36. The standard InChI is InChI=1S/C16H18O4/c1-9-7-11-8-10(5-6-14(11)20-9)15(17)12-3-2-4-13(12)16(18)19/h5-6,8-9,12-13H,2-4,7H2,1H3,(H,18,19). The summed E-state index contributed by atoms with van der Waals surface area (Å²) in [6.45, 7) is 2.00.